The van der Waals surface area contributed by atoms with Crippen LogP contribution in [0.4, 0.5) is 10.8 Å². The molecule has 0 fully saturated rings. The van der Waals surface area contributed by atoms with Gasteiger partial charge in [0.05, 0.1) is 11.6 Å². The van der Waals surface area contributed by atoms with E-state index in [1.807, 2.05) is 78.9 Å². The van der Waals surface area contributed by atoms with Gasteiger partial charge in [0, 0.05) is 11.4 Å². The van der Waals surface area contributed by atoms with Gasteiger partial charge in [0.25, 0.3) is 0 Å². The van der Waals surface area contributed by atoms with E-state index in [1.165, 1.54) is 11.3 Å². The van der Waals surface area contributed by atoms with Crippen LogP contribution in [0.15, 0.2) is 83.2 Å². The number of ether oxygens (including phenoxy) is 2. The Balaban J connectivity index is 1.24. The van der Waals surface area contributed by atoms with Crippen LogP contribution in [-0.4, -0.2) is 22.6 Å². The molecule has 0 saturated heterocycles. The van der Waals surface area contributed by atoms with Crippen LogP contribution in [0.5, 0.6) is 17.2 Å². The number of para-hydroxylation sites is 2. The molecule has 0 atom stereocenters. The Kier molecular flexibility index (Phi) is 7.07. The quantitative estimate of drug-likeness (QED) is 0.219. The molecule has 0 spiro atoms. The molecule has 1 N–H and O–H groups in total. The summed E-state index contributed by atoms with van der Waals surface area (Å²) in [5.74, 6) is 3.03. The topological polar surface area (TPSA) is 56.3 Å². The standard InChI is InChI=1S/C22H18ClN3O2S2/c23-19-8-4-5-9-20(19)27-14-15-29-22-26-25-21(30-22)24-16-10-12-18(13-11-16)28-17-6-2-1-3-7-17/h1-13H,14-15H2,(H,24,25). The number of nitrogens with zero attached hydrogens (tertiary/aromatic N) is 2. The Labute approximate surface area is 188 Å². The fourth-order valence-corrected chi connectivity index (χ4v) is 4.37. The highest BCUT2D eigenvalue weighted by Gasteiger charge is 2.06. The Morgan fingerprint density at radius 2 is 1.60 bits per heavy atom. The maximum Gasteiger partial charge on any atom is 0.210 e. The molecule has 8 heteroatoms. The van der Waals surface area contributed by atoms with Gasteiger partial charge in [-0.15, -0.1) is 10.2 Å². The third-order valence-electron chi connectivity index (χ3n) is 3.89. The van der Waals surface area contributed by atoms with Gasteiger partial charge in [0.2, 0.25) is 5.13 Å². The van der Waals surface area contributed by atoms with E-state index in [9.17, 15) is 0 Å². The van der Waals surface area contributed by atoms with Crippen molar-refractivity contribution in [3.8, 4) is 17.2 Å². The Hall–Kier alpha value is -2.74. The Morgan fingerprint density at radius 1 is 0.867 bits per heavy atom. The highest BCUT2D eigenvalue weighted by molar-refractivity contribution is 8.01. The molecule has 0 radical (unpaired) electrons. The minimum atomic E-state index is 0.541. The zero-order chi connectivity index (χ0) is 20.6. The predicted octanol–water partition coefficient (Wildman–Crippen LogP) is 6.90. The highest BCUT2D eigenvalue weighted by atomic mass is 35.5. The van der Waals surface area contributed by atoms with Crippen LogP contribution in [0.2, 0.25) is 5.02 Å². The zero-order valence-corrected chi connectivity index (χ0v) is 18.2. The van der Waals surface area contributed by atoms with Gasteiger partial charge < -0.3 is 14.8 Å². The molecule has 30 heavy (non-hydrogen) atoms. The Morgan fingerprint density at radius 3 is 2.40 bits per heavy atom. The number of anilines is 2. The van der Waals surface area contributed by atoms with Gasteiger partial charge in [0.15, 0.2) is 4.34 Å². The molecule has 0 unspecified atom stereocenters. The first-order valence-electron chi connectivity index (χ1n) is 9.20. The van der Waals surface area contributed by atoms with E-state index in [4.69, 9.17) is 21.1 Å². The van der Waals surface area contributed by atoms with Crippen molar-refractivity contribution in [2.75, 3.05) is 17.7 Å². The molecule has 4 aromatic rings. The summed E-state index contributed by atoms with van der Waals surface area (Å²) < 4.78 is 12.4. The van der Waals surface area contributed by atoms with E-state index < -0.39 is 0 Å². The first-order chi connectivity index (χ1) is 14.8. The van der Waals surface area contributed by atoms with Crippen LogP contribution in [0, 0.1) is 0 Å². The molecule has 0 amide bonds. The molecule has 3 aromatic carbocycles. The fourth-order valence-electron chi connectivity index (χ4n) is 2.52. The molecular formula is C22H18ClN3O2S2. The lowest BCUT2D eigenvalue weighted by Gasteiger charge is -2.07. The van der Waals surface area contributed by atoms with Gasteiger partial charge in [-0.2, -0.15) is 0 Å². The number of thioether (sulfide) groups is 1. The maximum absolute atomic E-state index is 6.08. The molecule has 0 saturated carbocycles. The average Bonchev–Trinajstić information content (AvgIpc) is 3.22. The number of halogens is 1. The molecule has 0 aliphatic carbocycles. The van der Waals surface area contributed by atoms with E-state index >= 15 is 0 Å². The molecule has 0 bridgehead atoms. The lowest BCUT2D eigenvalue weighted by molar-refractivity contribution is 0.344. The van der Waals surface area contributed by atoms with Crippen LogP contribution < -0.4 is 14.8 Å². The number of benzene rings is 3. The van der Waals surface area contributed by atoms with Gasteiger partial charge in [-0.1, -0.05) is 65.0 Å². The number of hydrogen-bond acceptors (Lipinski definition) is 7. The summed E-state index contributed by atoms with van der Waals surface area (Å²) in [7, 11) is 0. The van der Waals surface area contributed by atoms with E-state index in [0.29, 0.717) is 17.4 Å². The van der Waals surface area contributed by atoms with Crippen LogP contribution in [0.25, 0.3) is 0 Å². The largest absolute Gasteiger partial charge is 0.491 e. The summed E-state index contributed by atoms with van der Waals surface area (Å²) in [6.07, 6.45) is 0. The summed E-state index contributed by atoms with van der Waals surface area (Å²) in [6.45, 7) is 0.541. The molecular weight excluding hydrogens is 438 g/mol. The minimum absolute atomic E-state index is 0.541. The van der Waals surface area contributed by atoms with Crippen LogP contribution in [0.1, 0.15) is 0 Å². The van der Waals surface area contributed by atoms with Crippen LogP contribution >= 0.6 is 34.7 Å². The van der Waals surface area contributed by atoms with Crippen molar-refractivity contribution in [2.45, 2.75) is 4.34 Å². The molecule has 0 aliphatic heterocycles. The monoisotopic (exact) mass is 455 g/mol. The molecule has 1 aromatic heterocycles. The second-order valence-electron chi connectivity index (χ2n) is 6.06. The third kappa shape index (κ3) is 5.89. The van der Waals surface area contributed by atoms with Gasteiger partial charge in [-0.3, -0.25) is 0 Å². The fraction of sp³-hybridized carbons (Fsp3) is 0.0909. The van der Waals surface area contributed by atoms with Gasteiger partial charge in [-0.25, -0.2) is 0 Å². The summed E-state index contributed by atoms with van der Waals surface area (Å²) >= 11 is 9.18. The molecule has 4 rings (SSSR count). The summed E-state index contributed by atoms with van der Waals surface area (Å²) in [4.78, 5) is 0. The van der Waals surface area contributed by atoms with E-state index in [-0.39, 0.29) is 0 Å². The van der Waals surface area contributed by atoms with Crippen molar-refractivity contribution in [1.82, 2.24) is 10.2 Å². The van der Waals surface area contributed by atoms with Crippen molar-refractivity contribution in [3.63, 3.8) is 0 Å². The normalized spacial score (nSPS) is 10.6. The van der Waals surface area contributed by atoms with Crippen molar-refractivity contribution in [3.05, 3.63) is 83.9 Å². The minimum Gasteiger partial charge on any atom is -0.491 e. The van der Waals surface area contributed by atoms with Crippen molar-refractivity contribution >= 4 is 45.5 Å². The third-order valence-corrected chi connectivity index (χ3v) is 6.14. The van der Waals surface area contributed by atoms with Crippen molar-refractivity contribution in [1.29, 1.82) is 0 Å². The van der Waals surface area contributed by atoms with Gasteiger partial charge in [0.1, 0.15) is 17.2 Å². The second kappa shape index (κ2) is 10.3. The summed E-state index contributed by atoms with van der Waals surface area (Å²) in [5.41, 5.74) is 0.921. The van der Waals surface area contributed by atoms with Crippen LogP contribution in [-0.2, 0) is 0 Å². The summed E-state index contributed by atoms with van der Waals surface area (Å²) in [5, 5.41) is 13.0. The van der Waals surface area contributed by atoms with Crippen LogP contribution in [0.3, 0.4) is 0 Å². The molecule has 5 nitrogen and oxygen atoms in total. The lowest BCUT2D eigenvalue weighted by Crippen LogP contribution is -2.00. The maximum atomic E-state index is 6.08. The van der Waals surface area contributed by atoms with E-state index in [0.717, 1.165) is 32.4 Å². The first kappa shape index (κ1) is 20.5. The van der Waals surface area contributed by atoms with Crippen molar-refractivity contribution in [2.24, 2.45) is 0 Å². The molecule has 0 aliphatic rings. The summed E-state index contributed by atoms with van der Waals surface area (Å²) in [6, 6.07) is 24.9. The Bertz CT molecular complexity index is 1080. The number of rotatable bonds is 9. The molecule has 1 heterocycles. The molecule has 152 valence electrons. The second-order valence-corrected chi connectivity index (χ2v) is 8.79. The number of hydrogen-bond donors (Lipinski definition) is 1. The number of aromatic nitrogens is 2. The SMILES string of the molecule is Clc1ccccc1OCCSc1nnc(Nc2ccc(Oc3ccccc3)cc2)s1. The number of nitrogens with one attached hydrogen (secondary N) is 1. The lowest BCUT2D eigenvalue weighted by atomic mass is 10.3. The predicted molar refractivity (Wildman–Crippen MR) is 124 cm³/mol. The van der Waals surface area contributed by atoms with Crippen molar-refractivity contribution < 1.29 is 9.47 Å². The van der Waals surface area contributed by atoms with Gasteiger partial charge in [-0.05, 0) is 48.5 Å². The van der Waals surface area contributed by atoms with Gasteiger partial charge >= 0.3 is 0 Å². The average molecular weight is 456 g/mol. The highest BCUT2D eigenvalue weighted by Crippen LogP contribution is 2.29. The first-order valence-corrected chi connectivity index (χ1v) is 11.4. The van der Waals surface area contributed by atoms with E-state index in [1.54, 1.807) is 11.8 Å². The zero-order valence-electron chi connectivity index (χ0n) is 15.8. The smallest absolute Gasteiger partial charge is 0.210 e. The van der Waals surface area contributed by atoms with E-state index in [2.05, 4.69) is 15.5 Å².